The van der Waals surface area contributed by atoms with E-state index >= 15 is 0 Å². The smallest absolute Gasteiger partial charge is 0.258 e. The maximum absolute atomic E-state index is 13.4. The number of azo groups is 2. The monoisotopic (exact) mass is 954 g/mol. The van der Waals surface area contributed by atoms with E-state index in [1.54, 1.807) is 13.8 Å². The molecule has 14 nitrogen and oxygen atoms in total. The van der Waals surface area contributed by atoms with Crippen LogP contribution in [0.1, 0.15) is 45.7 Å². The summed E-state index contributed by atoms with van der Waals surface area (Å²) in [6.07, 6.45) is 0. The standard InChI is InChI=1S/C42H32Cl6N8O6/c1-19-9-29(51-41(61)37(21(3)57)55-53-34-11-23(5-7-32(34)47)39(59)49-30-15-25(43)13-26(44)16-30)10-20(2)36(19)52-42(62)38(22(4)58)56-54-35-12-24(6-8-33(35)48)40(60)50-31-17-27(45)14-28(46)18-31/h5-18,37-38H,1-4H3,(H,49,59)(H,50,60)(H,51,61)(H,52,62). The highest BCUT2D eigenvalue weighted by atomic mass is 35.5. The van der Waals surface area contributed by atoms with Crippen LogP contribution in [0.5, 0.6) is 0 Å². The van der Waals surface area contributed by atoms with Crippen LogP contribution in [-0.2, 0) is 19.2 Å². The van der Waals surface area contributed by atoms with Crippen LogP contribution in [0, 0.1) is 13.8 Å². The predicted molar refractivity (Wildman–Crippen MR) is 243 cm³/mol. The summed E-state index contributed by atoms with van der Waals surface area (Å²) in [7, 11) is 0. The number of rotatable bonds is 14. The second kappa shape index (κ2) is 20.9. The van der Waals surface area contributed by atoms with Gasteiger partial charge in [-0.15, -0.1) is 0 Å². The topological polar surface area (TPSA) is 200 Å². The zero-order valence-corrected chi connectivity index (χ0v) is 37.3. The van der Waals surface area contributed by atoms with Gasteiger partial charge >= 0.3 is 0 Å². The molecule has 0 aliphatic carbocycles. The minimum absolute atomic E-state index is 0.0118. The number of anilines is 4. The van der Waals surface area contributed by atoms with Gasteiger partial charge in [-0.05, 0) is 124 Å². The van der Waals surface area contributed by atoms with Gasteiger partial charge in [-0.1, -0.05) is 69.6 Å². The molecule has 0 bridgehead atoms. The summed E-state index contributed by atoms with van der Waals surface area (Å²) < 4.78 is 0. The van der Waals surface area contributed by atoms with Crippen LogP contribution in [-0.4, -0.2) is 47.3 Å². The molecule has 318 valence electrons. The van der Waals surface area contributed by atoms with Crippen LogP contribution in [0.2, 0.25) is 30.1 Å². The van der Waals surface area contributed by atoms with E-state index in [0.717, 1.165) is 13.8 Å². The molecule has 2 atom stereocenters. The summed E-state index contributed by atoms with van der Waals surface area (Å²) in [5.74, 6) is -4.02. The number of hydrogen-bond acceptors (Lipinski definition) is 10. The molecule has 0 radical (unpaired) electrons. The van der Waals surface area contributed by atoms with Gasteiger partial charge < -0.3 is 21.3 Å². The number of benzene rings is 5. The van der Waals surface area contributed by atoms with Crippen molar-refractivity contribution in [2.24, 2.45) is 20.5 Å². The van der Waals surface area contributed by atoms with E-state index in [9.17, 15) is 28.8 Å². The van der Waals surface area contributed by atoms with E-state index in [1.807, 2.05) is 0 Å². The Labute approximate surface area is 384 Å². The number of nitrogens with zero attached hydrogens (tertiary/aromatic N) is 4. The predicted octanol–water partition coefficient (Wildman–Crippen LogP) is 12.1. The summed E-state index contributed by atoms with van der Waals surface area (Å²) in [4.78, 5) is 77.9. The second-order valence-corrected chi connectivity index (χ2v) is 16.0. The molecule has 0 aliphatic rings. The van der Waals surface area contributed by atoms with Crippen molar-refractivity contribution in [3.8, 4) is 0 Å². The molecule has 62 heavy (non-hydrogen) atoms. The molecule has 4 N–H and O–H groups in total. The molecule has 4 amide bonds. The summed E-state index contributed by atoms with van der Waals surface area (Å²) in [6, 6.07) is 17.3. The first-order chi connectivity index (χ1) is 29.3. The van der Waals surface area contributed by atoms with Crippen LogP contribution >= 0.6 is 69.6 Å². The van der Waals surface area contributed by atoms with Gasteiger partial charge in [-0.2, -0.15) is 20.5 Å². The fraction of sp³-hybridized carbons (Fsp3) is 0.143. The normalized spacial score (nSPS) is 12.2. The number of Topliss-reactive ketones (excluding diaryl/α,β-unsaturated/α-hetero) is 2. The number of hydrogen-bond donors (Lipinski definition) is 4. The van der Waals surface area contributed by atoms with Gasteiger partial charge in [0.15, 0.2) is 11.6 Å². The number of nitrogens with one attached hydrogen (secondary N) is 4. The largest absolute Gasteiger partial charge is 0.324 e. The Bertz CT molecular complexity index is 2650. The lowest BCUT2D eigenvalue weighted by molar-refractivity contribution is -0.127. The van der Waals surface area contributed by atoms with E-state index in [1.165, 1.54) is 84.9 Å². The number of amides is 4. The quantitative estimate of drug-likeness (QED) is 0.0630. The number of halogens is 6. The fourth-order valence-corrected chi connectivity index (χ4v) is 6.99. The molecule has 0 aliphatic heterocycles. The van der Waals surface area contributed by atoms with Crippen molar-refractivity contribution in [2.45, 2.75) is 39.8 Å². The Morgan fingerprint density at radius 3 is 1.19 bits per heavy atom. The molecule has 20 heteroatoms. The van der Waals surface area contributed by atoms with Crippen LogP contribution < -0.4 is 21.3 Å². The van der Waals surface area contributed by atoms with Crippen molar-refractivity contribution >= 4 is 139 Å². The molecule has 5 aromatic carbocycles. The Hall–Kier alpha value is -5.74. The average Bonchev–Trinajstić information content (AvgIpc) is 3.16. The van der Waals surface area contributed by atoms with Crippen LogP contribution in [0.15, 0.2) is 105 Å². The van der Waals surface area contributed by atoms with Gasteiger partial charge in [0, 0.05) is 54.0 Å². The zero-order valence-electron chi connectivity index (χ0n) is 32.7. The molecule has 5 rings (SSSR count). The van der Waals surface area contributed by atoms with Gasteiger partial charge in [0.1, 0.15) is 11.4 Å². The van der Waals surface area contributed by atoms with E-state index in [-0.39, 0.29) is 38.2 Å². The lowest BCUT2D eigenvalue weighted by atomic mass is 10.1. The van der Waals surface area contributed by atoms with E-state index < -0.39 is 47.3 Å². The van der Waals surface area contributed by atoms with Crippen molar-refractivity contribution in [3.05, 3.63) is 137 Å². The van der Waals surface area contributed by atoms with Crippen LogP contribution in [0.25, 0.3) is 0 Å². The Kier molecular flexibility index (Phi) is 15.9. The van der Waals surface area contributed by atoms with Crippen molar-refractivity contribution in [2.75, 3.05) is 21.3 Å². The SMILES string of the molecule is CC(=O)C(N=Nc1cc(C(=O)Nc2cc(Cl)cc(Cl)c2)ccc1Cl)C(=O)Nc1cc(C)c(NC(=O)C(N=Nc2cc(C(=O)Nc3cc(Cl)cc(Cl)c3)ccc2Cl)C(C)=O)c(C)c1. The number of carbonyl (C=O) groups excluding carboxylic acids is 6. The first kappa shape index (κ1) is 47.3. The van der Waals surface area contributed by atoms with Crippen molar-refractivity contribution in [1.82, 2.24) is 0 Å². The molecule has 5 aromatic rings. The molecular formula is C42H32Cl6N8O6. The van der Waals surface area contributed by atoms with Crippen LogP contribution in [0.3, 0.4) is 0 Å². The Morgan fingerprint density at radius 1 is 0.468 bits per heavy atom. The minimum Gasteiger partial charge on any atom is -0.324 e. The highest BCUT2D eigenvalue weighted by Gasteiger charge is 2.27. The van der Waals surface area contributed by atoms with E-state index in [2.05, 4.69) is 41.7 Å². The number of ketones is 2. The molecule has 0 saturated heterocycles. The summed E-state index contributed by atoms with van der Waals surface area (Å²) in [5.41, 5.74) is 2.49. The second-order valence-electron chi connectivity index (χ2n) is 13.5. The van der Waals surface area contributed by atoms with Crippen LogP contribution in [0.4, 0.5) is 34.1 Å². The Balaban J connectivity index is 1.27. The maximum atomic E-state index is 13.4. The van der Waals surface area contributed by atoms with E-state index in [4.69, 9.17) is 69.6 Å². The maximum Gasteiger partial charge on any atom is 0.258 e. The minimum atomic E-state index is -1.61. The third kappa shape index (κ3) is 12.7. The number of aryl methyl sites for hydroxylation is 2. The highest BCUT2D eigenvalue weighted by Crippen LogP contribution is 2.31. The van der Waals surface area contributed by atoms with Crippen molar-refractivity contribution in [1.29, 1.82) is 0 Å². The van der Waals surface area contributed by atoms with Crippen molar-refractivity contribution < 1.29 is 28.8 Å². The third-order valence-electron chi connectivity index (χ3n) is 8.53. The van der Waals surface area contributed by atoms with Crippen molar-refractivity contribution in [3.63, 3.8) is 0 Å². The lowest BCUT2D eigenvalue weighted by Gasteiger charge is -2.17. The van der Waals surface area contributed by atoms with Gasteiger partial charge in [0.2, 0.25) is 12.1 Å². The molecule has 2 unspecified atom stereocenters. The zero-order chi connectivity index (χ0) is 45.4. The molecule has 0 heterocycles. The third-order valence-corrected chi connectivity index (χ3v) is 10.0. The summed E-state index contributed by atoms with van der Waals surface area (Å²) >= 11 is 36.7. The fourth-order valence-electron chi connectivity index (χ4n) is 5.63. The molecule has 0 saturated carbocycles. The molecule has 0 fully saturated rings. The number of carbonyl (C=O) groups is 6. The molecule has 0 spiro atoms. The molecular weight excluding hydrogens is 925 g/mol. The van der Waals surface area contributed by atoms with Gasteiger partial charge in [0.05, 0.1) is 10.0 Å². The summed E-state index contributed by atoms with van der Waals surface area (Å²) in [5, 5.41) is 28.1. The Morgan fingerprint density at radius 2 is 0.823 bits per heavy atom. The van der Waals surface area contributed by atoms with Gasteiger partial charge in [0.25, 0.3) is 23.6 Å². The summed E-state index contributed by atoms with van der Waals surface area (Å²) in [6.45, 7) is 5.60. The highest BCUT2D eigenvalue weighted by molar-refractivity contribution is 6.36. The van der Waals surface area contributed by atoms with E-state index in [0.29, 0.717) is 48.3 Å². The van der Waals surface area contributed by atoms with Gasteiger partial charge in [-0.25, -0.2) is 0 Å². The lowest BCUT2D eigenvalue weighted by Crippen LogP contribution is -2.33. The molecule has 0 aromatic heterocycles. The first-order valence-corrected chi connectivity index (χ1v) is 20.2. The first-order valence-electron chi connectivity index (χ1n) is 18.0. The van der Waals surface area contributed by atoms with Gasteiger partial charge in [-0.3, -0.25) is 28.8 Å². The average molecular weight is 957 g/mol.